The lowest BCUT2D eigenvalue weighted by molar-refractivity contribution is -0.128. The van der Waals surface area contributed by atoms with Crippen LogP contribution in [0.25, 0.3) is 6.08 Å². The van der Waals surface area contributed by atoms with E-state index >= 15 is 0 Å². The quantitative estimate of drug-likeness (QED) is 0.386. The van der Waals surface area contributed by atoms with E-state index in [2.05, 4.69) is 22.3 Å². The first-order valence-electron chi connectivity index (χ1n) is 13.5. The third-order valence-corrected chi connectivity index (χ3v) is 7.86. The zero-order chi connectivity index (χ0) is 27.9. The van der Waals surface area contributed by atoms with E-state index in [0.717, 1.165) is 63.2 Å². The van der Waals surface area contributed by atoms with Crippen LogP contribution in [0, 0.1) is 23.4 Å². The average Bonchev–Trinajstić information content (AvgIpc) is 2.94. The summed E-state index contributed by atoms with van der Waals surface area (Å²) < 4.78 is 45.3. The highest BCUT2D eigenvalue weighted by Crippen LogP contribution is 2.30. The summed E-state index contributed by atoms with van der Waals surface area (Å²) in [5.41, 5.74) is 1.41. The number of benzene rings is 2. The standard InChI is InChI=1S/C30H36F3N3O3/c1-20(37)34-28(19-35-13-9-23(10-14-35)22-4-6-25(39-2)7-5-22)24-11-15-36(16-12-24)29(38)8-3-21-17-26(31)30(33)27(32)18-21/h3-8,17-18,23-24,28H,9-16,19H2,1-2H3,(H,34,37). The summed E-state index contributed by atoms with van der Waals surface area (Å²) in [5, 5.41) is 3.14. The lowest BCUT2D eigenvalue weighted by Crippen LogP contribution is -2.52. The predicted molar refractivity (Wildman–Crippen MR) is 144 cm³/mol. The van der Waals surface area contributed by atoms with Crippen molar-refractivity contribution in [2.45, 2.75) is 44.6 Å². The van der Waals surface area contributed by atoms with Gasteiger partial charge in [-0.1, -0.05) is 12.1 Å². The van der Waals surface area contributed by atoms with Crippen molar-refractivity contribution in [1.82, 2.24) is 15.1 Å². The van der Waals surface area contributed by atoms with Gasteiger partial charge in [-0.3, -0.25) is 9.59 Å². The Balaban J connectivity index is 1.28. The Hall–Kier alpha value is -3.33. The molecule has 0 bridgehead atoms. The van der Waals surface area contributed by atoms with Crippen LogP contribution in [0.1, 0.15) is 49.7 Å². The second-order valence-electron chi connectivity index (χ2n) is 10.4. The molecule has 210 valence electrons. The van der Waals surface area contributed by atoms with Gasteiger partial charge < -0.3 is 19.9 Å². The molecule has 1 N–H and O–H groups in total. The third kappa shape index (κ3) is 7.62. The van der Waals surface area contributed by atoms with E-state index in [9.17, 15) is 22.8 Å². The van der Waals surface area contributed by atoms with Gasteiger partial charge in [0.15, 0.2) is 17.5 Å². The number of methoxy groups -OCH3 is 1. The maximum Gasteiger partial charge on any atom is 0.246 e. The fourth-order valence-electron chi connectivity index (χ4n) is 5.64. The highest BCUT2D eigenvalue weighted by Gasteiger charge is 2.31. The topological polar surface area (TPSA) is 61.9 Å². The normalized spacial score (nSPS) is 18.3. The number of piperidine rings is 2. The number of amides is 2. The van der Waals surface area contributed by atoms with Gasteiger partial charge in [-0.2, -0.15) is 0 Å². The van der Waals surface area contributed by atoms with Gasteiger partial charge in [0.25, 0.3) is 0 Å². The maximum atomic E-state index is 13.4. The van der Waals surface area contributed by atoms with Crippen LogP contribution in [-0.2, 0) is 9.59 Å². The van der Waals surface area contributed by atoms with Gasteiger partial charge in [0.1, 0.15) is 5.75 Å². The van der Waals surface area contributed by atoms with E-state index in [4.69, 9.17) is 4.74 Å². The monoisotopic (exact) mass is 543 g/mol. The van der Waals surface area contributed by atoms with Crippen LogP contribution in [0.4, 0.5) is 13.2 Å². The van der Waals surface area contributed by atoms with E-state index in [-0.39, 0.29) is 29.3 Å². The van der Waals surface area contributed by atoms with Crippen molar-refractivity contribution in [2.24, 2.45) is 5.92 Å². The molecule has 0 saturated carbocycles. The van der Waals surface area contributed by atoms with Crippen molar-refractivity contribution in [2.75, 3.05) is 39.8 Å². The number of nitrogens with one attached hydrogen (secondary N) is 1. The van der Waals surface area contributed by atoms with Crippen molar-refractivity contribution in [3.05, 3.63) is 71.1 Å². The molecule has 2 aromatic rings. The van der Waals surface area contributed by atoms with Crippen LogP contribution in [0.5, 0.6) is 5.75 Å². The molecule has 2 heterocycles. The van der Waals surface area contributed by atoms with Gasteiger partial charge in [0.2, 0.25) is 11.8 Å². The zero-order valence-corrected chi connectivity index (χ0v) is 22.5. The number of likely N-dealkylation sites (tertiary alicyclic amines) is 2. The van der Waals surface area contributed by atoms with Crippen LogP contribution in [0.3, 0.4) is 0 Å². The highest BCUT2D eigenvalue weighted by atomic mass is 19.2. The van der Waals surface area contributed by atoms with Crippen LogP contribution in [-0.4, -0.2) is 67.5 Å². The minimum absolute atomic E-state index is 0.00186. The summed E-state index contributed by atoms with van der Waals surface area (Å²) in [6.07, 6.45) is 6.14. The lowest BCUT2D eigenvalue weighted by atomic mass is 9.86. The molecule has 9 heteroatoms. The number of hydrogen-bond donors (Lipinski definition) is 1. The summed E-state index contributed by atoms with van der Waals surface area (Å²) in [6.45, 7) is 5.27. The van der Waals surface area contributed by atoms with Crippen molar-refractivity contribution in [1.29, 1.82) is 0 Å². The molecular weight excluding hydrogens is 507 g/mol. The Bertz CT molecular complexity index is 1150. The number of nitrogens with zero attached hydrogens (tertiary/aromatic N) is 2. The summed E-state index contributed by atoms with van der Waals surface area (Å²) >= 11 is 0. The molecule has 0 radical (unpaired) electrons. The first-order chi connectivity index (χ1) is 18.7. The van der Waals surface area contributed by atoms with Crippen LogP contribution < -0.4 is 10.1 Å². The fourth-order valence-corrected chi connectivity index (χ4v) is 5.64. The fraction of sp³-hybridized carbons (Fsp3) is 0.467. The first-order valence-corrected chi connectivity index (χ1v) is 13.5. The Morgan fingerprint density at radius 3 is 2.18 bits per heavy atom. The van der Waals surface area contributed by atoms with E-state index in [1.807, 2.05) is 12.1 Å². The van der Waals surface area contributed by atoms with Crippen LogP contribution in [0.2, 0.25) is 0 Å². The molecule has 2 amide bonds. The summed E-state index contributed by atoms with van der Waals surface area (Å²) in [4.78, 5) is 28.8. The van der Waals surface area contributed by atoms with Crippen molar-refractivity contribution in [3.8, 4) is 5.75 Å². The molecule has 2 saturated heterocycles. The Labute approximate surface area is 227 Å². The zero-order valence-electron chi connectivity index (χ0n) is 22.5. The average molecular weight is 544 g/mol. The van der Waals surface area contributed by atoms with Gasteiger partial charge in [0, 0.05) is 38.7 Å². The SMILES string of the molecule is COc1ccc(C2CCN(CC(NC(C)=O)C3CCN(C(=O)C=Cc4cc(F)c(F)c(F)c4)CC3)CC2)cc1. The molecule has 2 aromatic carbocycles. The number of carbonyl (C=O) groups excluding carboxylic acids is 2. The first kappa shape index (κ1) is 28.7. The molecule has 39 heavy (non-hydrogen) atoms. The van der Waals surface area contributed by atoms with Gasteiger partial charge in [0.05, 0.1) is 7.11 Å². The predicted octanol–water partition coefficient (Wildman–Crippen LogP) is 4.75. The largest absolute Gasteiger partial charge is 0.497 e. The molecule has 0 aliphatic carbocycles. The molecule has 2 aliphatic rings. The number of halogens is 3. The number of hydrogen-bond acceptors (Lipinski definition) is 4. The van der Waals surface area contributed by atoms with Gasteiger partial charge in [-0.05, 0) is 92.1 Å². The summed E-state index contributed by atoms with van der Waals surface area (Å²) in [5.74, 6) is -2.84. The molecule has 0 spiro atoms. The molecule has 1 atom stereocenters. The number of ether oxygens (including phenoxy) is 1. The smallest absolute Gasteiger partial charge is 0.246 e. The summed E-state index contributed by atoms with van der Waals surface area (Å²) in [6, 6.07) is 9.99. The van der Waals surface area contributed by atoms with Crippen LogP contribution >= 0.6 is 0 Å². The number of rotatable bonds is 8. The van der Waals surface area contributed by atoms with E-state index < -0.39 is 17.5 Å². The molecule has 2 fully saturated rings. The van der Waals surface area contributed by atoms with E-state index in [1.54, 1.807) is 12.0 Å². The van der Waals surface area contributed by atoms with Gasteiger partial charge in [-0.15, -0.1) is 0 Å². The molecule has 4 rings (SSSR count). The Morgan fingerprint density at radius 1 is 1.00 bits per heavy atom. The molecular formula is C30H36F3N3O3. The minimum atomic E-state index is -1.53. The maximum absolute atomic E-state index is 13.4. The van der Waals surface area contributed by atoms with E-state index in [1.165, 1.54) is 24.6 Å². The van der Waals surface area contributed by atoms with Crippen molar-refractivity contribution in [3.63, 3.8) is 0 Å². The Kier molecular flexibility index (Phi) is 9.67. The Morgan fingerprint density at radius 2 is 1.62 bits per heavy atom. The third-order valence-electron chi connectivity index (χ3n) is 7.86. The van der Waals surface area contributed by atoms with Crippen molar-refractivity contribution < 1.29 is 27.5 Å². The molecule has 2 aliphatic heterocycles. The second-order valence-corrected chi connectivity index (χ2v) is 10.4. The molecule has 0 aromatic heterocycles. The second kappa shape index (κ2) is 13.2. The van der Waals surface area contributed by atoms with E-state index in [0.29, 0.717) is 19.0 Å². The molecule has 6 nitrogen and oxygen atoms in total. The highest BCUT2D eigenvalue weighted by molar-refractivity contribution is 5.91. The van der Waals surface area contributed by atoms with Gasteiger partial charge in [-0.25, -0.2) is 13.2 Å². The minimum Gasteiger partial charge on any atom is -0.497 e. The lowest BCUT2D eigenvalue weighted by Gasteiger charge is -2.40. The molecule has 1 unspecified atom stereocenters. The van der Waals surface area contributed by atoms with Gasteiger partial charge >= 0.3 is 0 Å². The number of carbonyl (C=O) groups is 2. The van der Waals surface area contributed by atoms with Crippen LogP contribution in [0.15, 0.2) is 42.5 Å². The van der Waals surface area contributed by atoms with Crippen molar-refractivity contribution >= 4 is 17.9 Å². The summed E-state index contributed by atoms with van der Waals surface area (Å²) in [7, 11) is 1.67.